The third-order valence-corrected chi connectivity index (χ3v) is 7.27. The minimum absolute atomic E-state index is 0.216. The second kappa shape index (κ2) is 11.5. The Morgan fingerprint density at radius 2 is 1.76 bits per heavy atom. The Bertz CT molecular complexity index is 1460. The predicted molar refractivity (Wildman–Crippen MR) is 157 cm³/mol. The van der Waals surface area contributed by atoms with Crippen molar-refractivity contribution in [1.29, 1.82) is 0 Å². The summed E-state index contributed by atoms with van der Waals surface area (Å²) >= 11 is 0. The van der Waals surface area contributed by atoms with E-state index in [2.05, 4.69) is 63.7 Å². The summed E-state index contributed by atoms with van der Waals surface area (Å²) in [7, 11) is 0. The highest BCUT2D eigenvalue weighted by Gasteiger charge is 2.51. The Morgan fingerprint density at radius 3 is 2.39 bits per heavy atom. The van der Waals surface area contributed by atoms with Crippen molar-refractivity contribution >= 4 is 29.6 Å². The van der Waals surface area contributed by atoms with Gasteiger partial charge in [0.05, 0.1) is 11.1 Å². The molecule has 41 heavy (non-hydrogen) atoms. The van der Waals surface area contributed by atoms with Gasteiger partial charge in [-0.15, -0.1) is 0 Å². The summed E-state index contributed by atoms with van der Waals surface area (Å²) in [6.07, 6.45) is 3.93. The fourth-order valence-electron chi connectivity index (χ4n) is 4.88. The Morgan fingerprint density at radius 1 is 1.05 bits per heavy atom. The Kier molecular flexibility index (Phi) is 8.24. The zero-order valence-corrected chi connectivity index (χ0v) is 24.3. The fraction of sp³-hybridized carbons (Fsp3) is 0.433. The molecule has 1 aliphatic rings. The van der Waals surface area contributed by atoms with Gasteiger partial charge in [0.2, 0.25) is 5.95 Å². The highest BCUT2D eigenvalue weighted by molar-refractivity contribution is 5.99. The van der Waals surface area contributed by atoms with E-state index < -0.39 is 17.7 Å². The molecule has 1 atom stereocenters. The van der Waals surface area contributed by atoms with Crippen LogP contribution in [0.25, 0.3) is 0 Å². The predicted octanol–water partition coefficient (Wildman–Crippen LogP) is 5.78. The molecule has 11 nitrogen and oxygen atoms in total. The van der Waals surface area contributed by atoms with Crippen LogP contribution in [0.3, 0.4) is 0 Å². The summed E-state index contributed by atoms with van der Waals surface area (Å²) in [6, 6.07) is 8.41. The van der Waals surface area contributed by atoms with Crippen molar-refractivity contribution in [3.8, 4) is 11.8 Å². The van der Waals surface area contributed by atoms with E-state index in [9.17, 15) is 14.7 Å². The number of nitrogens with zero attached hydrogens (tertiary/aromatic N) is 4. The van der Waals surface area contributed by atoms with Gasteiger partial charge in [-0.05, 0) is 36.5 Å². The molecular weight excluding hydrogens is 522 g/mol. The van der Waals surface area contributed by atoms with E-state index in [1.165, 1.54) is 0 Å². The molecule has 3 heterocycles. The lowest BCUT2D eigenvalue weighted by Gasteiger charge is -2.47. The van der Waals surface area contributed by atoms with Crippen LogP contribution in [0, 0.1) is 17.3 Å². The van der Waals surface area contributed by atoms with Crippen molar-refractivity contribution in [1.82, 2.24) is 20.0 Å². The number of likely N-dealkylation sites (tertiary alicyclic amines) is 1. The molecule has 1 fully saturated rings. The fourth-order valence-corrected chi connectivity index (χ4v) is 4.88. The minimum Gasteiger partial charge on any atom is -0.465 e. The number of carboxylic acid groups (broad SMARTS) is 1. The normalized spacial score (nSPS) is 17.0. The first-order chi connectivity index (χ1) is 19.3. The number of hydrogen-bond donors (Lipinski definition) is 4. The van der Waals surface area contributed by atoms with Crippen molar-refractivity contribution in [2.45, 2.75) is 65.3 Å². The quantitative estimate of drug-likeness (QED) is 0.288. The van der Waals surface area contributed by atoms with Gasteiger partial charge in [-0.1, -0.05) is 64.6 Å². The molecule has 4 N–H and O–H groups in total. The number of amides is 3. The van der Waals surface area contributed by atoms with Crippen molar-refractivity contribution in [2.24, 2.45) is 5.41 Å². The molecule has 3 aromatic rings. The standard InChI is InChI=1S/C30H37N7O4/c1-28(2,3)23-16-24(36-41-23)35-26(38)34-22-10-7-9-20(15-22)11-12-21-17-31-25(32-18-21)33-19-30(29(4,5)6)13-8-14-37(30)27(39)40/h7,9-10,15-18H,8,13-14,19H2,1-6H3,(H,39,40)(H,31,32,33)(H2,34,35,36,38). The van der Waals surface area contributed by atoms with Crippen LogP contribution in [0.5, 0.6) is 0 Å². The summed E-state index contributed by atoms with van der Waals surface area (Å²) in [5.74, 6) is 7.51. The first-order valence-corrected chi connectivity index (χ1v) is 13.5. The number of aromatic nitrogens is 3. The minimum atomic E-state index is -0.907. The highest BCUT2D eigenvalue weighted by atomic mass is 16.5. The molecule has 4 rings (SSSR count). The van der Waals surface area contributed by atoms with Crippen LogP contribution in [0.2, 0.25) is 0 Å². The third-order valence-electron chi connectivity index (χ3n) is 7.27. The average molecular weight is 560 g/mol. The monoisotopic (exact) mass is 559 g/mol. The zero-order valence-electron chi connectivity index (χ0n) is 24.3. The van der Waals surface area contributed by atoms with E-state index >= 15 is 0 Å². The lowest BCUT2D eigenvalue weighted by atomic mass is 9.71. The van der Waals surface area contributed by atoms with E-state index in [1.807, 2.05) is 26.8 Å². The number of carbonyl (C=O) groups is 2. The van der Waals surface area contributed by atoms with Gasteiger partial charge in [-0.3, -0.25) is 5.32 Å². The largest absolute Gasteiger partial charge is 0.465 e. The third kappa shape index (κ3) is 6.95. The molecule has 0 spiro atoms. The molecule has 1 unspecified atom stereocenters. The molecule has 2 aromatic heterocycles. The van der Waals surface area contributed by atoms with Crippen molar-refractivity contribution in [2.75, 3.05) is 29.0 Å². The molecule has 3 amide bonds. The van der Waals surface area contributed by atoms with Crippen LogP contribution in [0.4, 0.5) is 27.0 Å². The molecule has 1 aliphatic heterocycles. The van der Waals surface area contributed by atoms with E-state index in [4.69, 9.17) is 4.52 Å². The van der Waals surface area contributed by atoms with Crippen LogP contribution in [-0.4, -0.2) is 55.9 Å². The molecule has 0 bridgehead atoms. The van der Waals surface area contributed by atoms with Gasteiger partial charge in [0.1, 0.15) is 5.76 Å². The molecule has 1 saturated heterocycles. The summed E-state index contributed by atoms with van der Waals surface area (Å²) in [5.41, 5.74) is 0.846. The van der Waals surface area contributed by atoms with Gasteiger partial charge in [0, 0.05) is 48.2 Å². The maximum absolute atomic E-state index is 12.4. The first-order valence-electron chi connectivity index (χ1n) is 13.5. The molecule has 1 aromatic carbocycles. The molecule has 0 aliphatic carbocycles. The van der Waals surface area contributed by atoms with Gasteiger partial charge >= 0.3 is 12.1 Å². The number of carbonyl (C=O) groups excluding carboxylic acids is 1. The van der Waals surface area contributed by atoms with Crippen LogP contribution < -0.4 is 16.0 Å². The summed E-state index contributed by atoms with van der Waals surface area (Å²) < 4.78 is 5.30. The number of urea groups is 1. The SMILES string of the molecule is CC(C)(C)c1cc(NC(=O)Nc2cccc(C#Cc3cnc(NCC4(C(C)(C)C)CCCN4C(=O)O)nc3)c2)no1. The lowest BCUT2D eigenvalue weighted by Crippen LogP contribution is -2.59. The topological polar surface area (TPSA) is 146 Å². The van der Waals surface area contributed by atoms with E-state index in [-0.39, 0.29) is 10.8 Å². The van der Waals surface area contributed by atoms with Crippen LogP contribution >= 0.6 is 0 Å². The second-order valence-corrected chi connectivity index (χ2v) is 12.2. The average Bonchev–Trinajstić information content (AvgIpc) is 3.55. The maximum Gasteiger partial charge on any atom is 0.407 e. The maximum atomic E-state index is 12.4. The highest BCUT2D eigenvalue weighted by Crippen LogP contribution is 2.43. The molecular formula is C30H37N7O4. The number of hydrogen-bond acceptors (Lipinski definition) is 7. The number of nitrogens with one attached hydrogen (secondary N) is 3. The Hall–Kier alpha value is -4.59. The van der Waals surface area contributed by atoms with Crippen LogP contribution in [-0.2, 0) is 5.41 Å². The zero-order chi connectivity index (χ0) is 29.8. The van der Waals surface area contributed by atoms with E-state index in [0.29, 0.717) is 47.4 Å². The van der Waals surface area contributed by atoms with Crippen LogP contribution in [0.15, 0.2) is 47.2 Å². The summed E-state index contributed by atoms with van der Waals surface area (Å²) in [5, 5.41) is 22.3. The molecule has 0 saturated carbocycles. The van der Waals surface area contributed by atoms with Gasteiger partial charge in [-0.2, -0.15) is 0 Å². The van der Waals surface area contributed by atoms with Crippen molar-refractivity contribution < 1.29 is 19.2 Å². The van der Waals surface area contributed by atoms with Gasteiger partial charge in [0.15, 0.2) is 5.82 Å². The number of benzene rings is 1. The van der Waals surface area contributed by atoms with Crippen molar-refractivity contribution in [3.63, 3.8) is 0 Å². The number of rotatable bonds is 5. The first kappa shape index (κ1) is 29.4. The molecule has 11 heteroatoms. The Labute approximate surface area is 240 Å². The van der Waals surface area contributed by atoms with E-state index in [0.717, 1.165) is 12.8 Å². The van der Waals surface area contributed by atoms with Crippen LogP contribution in [0.1, 0.15) is 71.3 Å². The summed E-state index contributed by atoms with van der Waals surface area (Å²) in [4.78, 5) is 34.6. The Balaban J connectivity index is 1.37. The lowest BCUT2D eigenvalue weighted by molar-refractivity contribution is 0.0399. The second-order valence-electron chi connectivity index (χ2n) is 12.2. The van der Waals surface area contributed by atoms with E-state index in [1.54, 1.807) is 41.6 Å². The van der Waals surface area contributed by atoms with Gasteiger partial charge in [-0.25, -0.2) is 19.6 Å². The van der Waals surface area contributed by atoms with Crippen molar-refractivity contribution in [3.05, 3.63) is 59.6 Å². The molecule has 0 radical (unpaired) electrons. The van der Waals surface area contributed by atoms with Gasteiger partial charge in [0.25, 0.3) is 0 Å². The smallest absolute Gasteiger partial charge is 0.407 e. The summed E-state index contributed by atoms with van der Waals surface area (Å²) in [6.45, 7) is 13.1. The number of anilines is 3. The van der Waals surface area contributed by atoms with Gasteiger partial charge < -0.3 is 25.2 Å². The molecule has 216 valence electrons.